The molecule has 0 aromatic heterocycles. The minimum Gasteiger partial charge on any atom is -0.394 e. The Kier molecular flexibility index (Phi) is 7.51. The predicted molar refractivity (Wildman–Crippen MR) is 84.4 cm³/mol. The minimum atomic E-state index is -4.66. The molecule has 2 heterocycles. The number of ether oxygens (including phenoxy) is 3. The molecule has 0 aliphatic carbocycles. The van der Waals surface area contributed by atoms with Crippen LogP contribution in [0.1, 0.15) is 0 Å². The van der Waals surface area contributed by atoms with Crippen LogP contribution in [0.5, 0.6) is 0 Å². The molecule has 2 aliphatic heterocycles. The first-order valence-corrected chi connectivity index (χ1v) is 9.60. The first-order chi connectivity index (χ1) is 12.6. The second kappa shape index (κ2) is 8.89. The van der Waals surface area contributed by atoms with E-state index in [1.54, 1.807) is 0 Å². The van der Waals surface area contributed by atoms with Gasteiger partial charge in [-0.15, -0.1) is 0 Å². The van der Waals surface area contributed by atoms with Gasteiger partial charge < -0.3 is 50.0 Å². The van der Waals surface area contributed by atoms with Gasteiger partial charge in [0.1, 0.15) is 42.7 Å². The van der Waals surface area contributed by atoms with Crippen LogP contribution in [0.2, 0.25) is 0 Å². The number of rotatable bonds is 6. The van der Waals surface area contributed by atoms with Gasteiger partial charge in [0, 0.05) is 7.11 Å². The van der Waals surface area contributed by atoms with E-state index in [-0.39, 0.29) is 0 Å². The average molecular weight is 419 g/mol. The van der Waals surface area contributed by atoms with Crippen molar-refractivity contribution >= 4 is 10.0 Å². The molecule has 0 aromatic rings. The van der Waals surface area contributed by atoms with Crippen LogP contribution in [-0.2, 0) is 24.2 Å². The van der Waals surface area contributed by atoms with Crippen molar-refractivity contribution in [2.45, 2.75) is 60.5 Å². The van der Waals surface area contributed by atoms with E-state index in [0.29, 0.717) is 0 Å². The number of sulfonamides is 1. The lowest BCUT2D eigenvalue weighted by atomic mass is 9.97. The van der Waals surface area contributed by atoms with Crippen LogP contribution >= 0.6 is 0 Å². The predicted octanol–water partition coefficient (Wildman–Crippen LogP) is -5.84. The van der Waals surface area contributed by atoms with E-state index in [1.165, 1.54) is 7.11 Å². The highest BCUT2D eigenvalue weighted by Crippen LogP contribution is 2.27. The second-order valence-electron chi connectivity index (χ2n) is 6.33. The Hall–Kier alpha value is -0.490. The van der Waals surface area contributed by atoms with Crippen LogP contribution in [0.4, 0.5) is 0 Å². The molecule has 0 radical (unpaired) electrons. The van der Waals surface area contributed by atoms with Crippen molar-refractivity contribution in [3.63, 3.8) is 0 Å². The molecule has 160 valence electrons. The number of aliphatic hydroxyl groups excluding tert-OH is 7. The van der Waals surface area contributed by atoms with Gasteiger partial charge in [0.15, 0.2) is 6.29 Å². The van der Waals surface area contributed by atoms with Gasteiger partial charge in [0.25, 0.3) is 0 Å². The van der Waals surface area contributed by atoms with Crippen molar-refractivity contribution < 1.29 is 58.4 Å². The summed E-state index contributed by atoms with van der Waals surface area (Å²) in [6.45, 7) is -1.58. The smallest absolute Gasteiger partial charge is 0.241 e. The van der Waals surface area contributed by atoms with Gasteiger partial charge >= 0.3 is 0 Å². The summed E-state index contributed by atoms with van der Waals surface area (Å²) in [7, 11) is -3.49. The molecule has 14 heteroatoms. The largest absolute Gasteiger partial charge is 0.394 e. The van der Waals surface area contributed by atoms with E-state index in [1.807, 2.05) is 4.72 Å². The molecule has 0 amide bonds. The van der Waals surface area contributed by atoms with Crippen molar-refractivity contribution in [3.8, 4) is 0 Å². The highest BCUT2D eigenvalue weighted by Gasteiger charge is 2.52. The molecular formula is C13H25NO12S. The molecule has 0 spiro atoms. The molecular weight excluding hydrogens is 394 g/mol. The number of nitrogens with one attached hydrogen (secondary N) is 1. The fourth-order valence-electron chi connectivity index (χ4n) is 3.01. The number of aliphatic hydroxyl groups is 7. The van der Waals surface area contributed by atoms with E-state index < -0.39 is 83.7 Å². The highest BCUT2D eigenvalue weighted by molar-refractivity contribution is 7.90. The van der Waals surface area contributed by atoms with Crippen molar-refractivity contribution in [1.29, 1.82) is 0 Å². The molecule has 0 aromatic carbocycles. The summed E-state index contributed by atoms with van der Waals surface area (Å²) in [5.41, 5.74) is -2.11. The zero-order chi connectivity index (χ0) is 20.5. The maximum absolute atomic E-state index is 12.6. The first kappa shape index (κ1) is 22.8. The topological polar surface area (TPSA) is 215 Å². The van der Waals surface area contributed by atoms with Gasteiger partial charge in [-0.3, -0.25) is 0 Å². The van der Waals surface area contributed by atoms with Gasteiger partial charge in [-0.2, -0.15) is 0 Å². The lowest BCUT2D eigenvalue weighted by Crippen LogP contribution is -2.67. The molecule has 13 nitrogen and oxygen atoms in total. The Morgan fingerprint density at radius 1 is 0.852 bits per heavy atom. The van der Waals surface area contributed by atoms with E-state index in [4.69, 9.17) is 19.3 Å². The van der Waals surface area contributed by atoms with Gasteiger partial charge in [-0.25, -0.2) is 13.1 Å². The molecule has 0 saturated carbocycles. The summed E-state index contributed by atoms with van der Waals surface area (Å²) >= 11 is 0. The van der Waals surface area contributed by atoms with E-state index >= 15 is 0 Å². The minimum absolute atomic E-state index is 0.745. The number of hydrogen-bond donors (Lipinski definition) is 8. The van der Waals surface area contributed by atoms with Gasteiger partial charge in [0.05, 0.1) is 19.3 Å². The Bertz CT molecular complexity index is 586. The third kappa shape index (κ3) is 4.42. The van der Waals surface area contributed by atoms with Gasteiger partial charge in [-0.1, -0.05) is 0 Å². The average Bonchev–Trinajstić information content (AvgIpc) is 2.64. The van der Waals surface area contributed by atoms with E-state index in [0.717, 1.165) is 0 Å². The van der Waals surface area contributed by atoms with Gasteiger partial charge in [-0.05, 0) is 0 Å². The fourth-order valence-corrected chi connectivity index (χ4v) is 4.63. The third-order valence-corrected chi connectivity index (χ3v) is 6.18. The van der Waals surface area contributed by atoms with Crippen LogP contribution in [0.15, 0.2) is 0 Å². The Labute approximate surface area is 154 Å². The van der Waals surface area contributed by atoms with E-state index in [9.17, 15) is 39.1 Å². The van der Waals surface area contributed by atoms with Crippen molar-refractivity contribution in [1.82, 2.24) is 4.72 Å². The Morgan fingerprint density at radius 2 is 1.44 bits per heavy atom. The normalized spacial score (nSPS) is 46.4. The van der Waals surface area contributed by atoms with Crippen molar-refractivity contribution in [2.24, 2.45) is 0 Å². The molecule has 10 atom stereocenters. The van der Waals surface area contributed by atoms with Crippen molar-refractivity contribution in [2.75, 3.05) is 20.3 Å². The lowest BCUT2D eigenvalue weighted by molar-refractivity contribution is -0.270. The molecule has 2 rings (SSSR count). The highest BCUT2D eigenvalue weighted by atomic mass is 32.2. The summed E-state index contributed by atoms with van der Waals surface area (Å²) in [5.74, 6) is 0. The molecule has 2 fully saturated rings. The maximum atomic E-state index is 12.6. The molecule has 27 heavy (non-hydrogen) atoms. The van der Waals surface area contributed by atoms with Crippen LogP contribution in [0.25, 0.3) is 0 Å². The summed E-state index contributed by atoms with van der Waals surface area (Å²) in [4.78, 5) is 0. The molecule has 2 aliphatic rings. The van der Waals surface area contributed by atoms with Crippen LogP contribution in [-0.4, -0.2) is 125 Å². The van der Waals surface area contributed by atoms with Crippen LogP contribution in [0, 0.1) is 0 Å². The maximum Gasteiger partial charge on any atom is 0.241 e. The summed E-state index contributed by atoms with van der Waals surface area (Å²) in [6.07, 6.45) is -13.3. The SMILES string of the molecule is CO[C@H]1O[C@H](CO)[C@@H](NS(=O)(=O)[C@@H]2O[C@H](CO)[C@@H](O)[C@H](O)[C@H]2O)[C@H](O)[C@H]1O. The summed E-state index contributed by atoms with van der Waals surface area (Å²) in [5, 5.41) is 68.1. The lowest BCUT2D eigenvalue weighted by Gasteiger charge is -2.43. The fraction of sp³-hybridized carbons (Fsp3) is 1.00. The third-order valence-electron chi connectivity index (χ3n) is 4.57. The Morgan fingerprint density at radius 3 is 1.96 bits per heavy atom. The quantitative estimate of drug-likeness (QED) is 0.202. The molecule has 0 unspecified atom stereocenters. The number of hydrogen-bond acceptors (Lipinski definition) is 12. The molecule has 0 bridgehead atoms. The molecule has 2 saturated heterocycles. The standard InChI is InChI=1S/C13H25NO12S/c1-24-12-10(20)8(18)6(4(2-15)25-12)14-27(22,23)13-11(21)9(19)7(17)5(3-16)26-13/h4-21H,2-3H2,1H3/t4-,5-,6-,7-,8+,9+,10-,11-,12+,13+/m1/s1. The van der Waals surface area contributed by atoms with Crippen LogP contribution < -0.4 is 4.72 Å². The first-order valence-electron chi connectivity index (χ1n) is 8.06. The van der Waals surface area contributed by atoms with Crippen molar-refractivity contribution in [3.05, 3.63) is 0 Å². The molecule has 8 N–H and O–H groups in total. The second-order valence-corrected chi connectivity index (χ2v) is 8.12. The van der Waals surface area contributed by atoms with Gasteiger partial charge in [0.2, 0.25) is 15.5 Å². The summed E-state index contributed by atoms with van der Waals surface area (Å²) in [6, 6.07) is -1.55. The van der Waals surface area contributed by atoms with E-state index in [2.05, 4.69) is 0 Å². The monoisotopic (exact) mass is 419 g/mol. The van der Waals surface area contributed by atoms with Crippen LogP contribution in [0.3, 0.4) is 0 Å². The summed E-state index contributed by atoms with van der Waals surface area (Å²) < 4.78 is 42.1. The zero-order valence-corrected chi connectivity index (χ0v) is 15.1. The number of methoxy groups -OCH3 is 1. The zero-order valence-electron chi connectivity index (χ0n) is 14.3. The Balaban J connectivity index is 2.23.